The topological polar surface area (TPSA) is 65.6 Å². The Labute approximate surface area is 122 Å². The van der Waals surface area contributed by atoms with Crippen molar-refractivity contribution < 1.29 is 19.0 Å². The van der Waals surface area contributed by atoms with Crippen LogP contribution in [-0.4, -0.2) is 54.3 Å². The fraction of sp³-hybridized carbons (Fsp3) is 0.400. The second kappa shape index (κ2) is 6.24. The van der Waals surface area contributed by atoms with Crippen LogP contribution >= 0.6 is 0 Å². The van der Waals surface area contributed by atoms with E-state index in [0.29, 0.717) is 11.2 Å². The van der Waals surface area contributed by atoms with Crippen molar-refractivity contribution in [2.45, 2.75) is 13.0 Å². The number of fused-ring (bicyclic) bond motifs is 1. The molecule has 5 nitrogen and oxygen atoms in total. The van der Waals surface area contributed by atoms with E-state index >= 15 is 0 Å². The number of H-pyrrole nitrogens is 1. The van der Waals surface area contributed by atoms with E-state index in [2.05, 4.69) is 4.98 Å². The number of halogens is 1. The molecule has 2 rings (SSSR count). The summed E-state index contributed by atoms with van der Waals surface area (Å²) >= 11 is 0. The molecule has 0 spiro atoms. The standard InChI is InChI=1S/C15H19FN2O3/c1-9-4-10(16)5-13-12(9)6-14(17-13)15(20)18(2)7-11(19)8-21-3/h4-6,11,17,19H,7-8H2,1-3H3. The Morgan fingerprint density at radius 1 is 1.48 bits per heavy atom. The highest BCUT2D eigenvalue weighted by atomic mass is 19.1. The highest BCUT2D eigenvalue weighted by molar-refractivity contribution is 5.98. The minimum absolute atomic E-state index is 0.161. The van der Waals surface area contributed by atoms with Gasteiger partial charge in [0.2, 0.25) is 0 Å². The number of carbonyl (C=O) groups excluding carboxylic acids is 1. The lowest BCUT2D eigenvalue weighted by Gasteiger charge is -2.19. The Hall–Kier alpha value is -1.92. The number of hydrogen-bond acceptors (Lipinski definition) is 3. The van der Waals surface area contributed by atoms with E-state index < -0.39 is 6.10 Å². The quantitative estimate of drug-likeness (QED) is 0.882. The van der Waals surface area contributed by atoms with Gasteiger partial charge in [0, 0.05) is 31.6 Å². The molecule has 2 N–H and O–H groups in total. The summed E-state index contributed by atoms with van der Waals surface area (Å²) in [5.74, 6) is -0.606. The zero-order chi connectivity index (χ0) is 15.6. The average Bonchev–Trinajstić information content (AvgIpc) is 2.81. The number of nitrogens with one attached hydrogen (secondary N) is 1. The monoisotopic (exact) mass is 294 g/mol. The molecule has 1 unspecified atom stereocenters. The van der Waals surface area contributed by atoms with Gasteiger partial charge in [-0.3, -0.25) is 4.79 Å². The molecule has 0 aliphatic carbocycles. The van der Waals surface area contributed by atoms with Crippen LogP contribution in [0.1, 0.15) is 16.1 Å². The van der Waals surface area contributed by atoms with E-state index in [1.54, 1.807) is 20.0 Å². The van der Waals surface area contributed by atoms with Gasteiger partial charge in [0.25, 0.3) is 5.91 Å². The number of aliphatic hydroxyl groups excluding tert-OH is 1. The molecule has 0 fully saturated rings. The molecule has 1 aromatic carbocycles. The summed E-state index contributed by atoms with van der Waals surface area (Å²) in [6.07, 6.45) is -0.743. The van der Waals surface area contributed by atoms with Crippen molar-refractivity contribution in [2.24, 2.45) is 0 Å². The lowest BCUT2D eigenvalue weighted by Crippen LogP contribution is -2.36. The number of hydrogen-bond donors (Lipinski definition) is 2. The van der Waals surface area contributed by atoms with Crippen molar-refractivity contribution in [1.82, 2.24) is 9.88 Å². The van der Waals surface area contributed by atoms with Gasteiger partial charge >= 0.3 is 0 Å². The van der Waals surface area contributed by atoms with Crippen molar-refractivity contribution in [1.29, 1.82) is 0 Å². The largest absolute Gasteiger partial charge is 0.389 e. The van der Waals surface area contributed by atoms with Crippen LogP contribution in [0.3, 0.4) is 0 Å². The zero-order valence-corrected chi connectivity index (χ0v) is 12.3. The van der Waals surface area contributed by atoms with Crippen molar-refractivity contribution in [2.75, 3.05) is 27.3 Å². The molecule has 1 aromatic heterocycles. The molecular weight excluding hydrogens is 275 g/mol. The summed E-state index contributed by atoms with van der Waals surface area (Å²) in [6, 6.07) is 4.49. The minimum atomic E-state index is -0.743. The van der Waals surface area contributed by atoms with Gasteiger partial charge in [-0.15, -0.1) is 0 Å². The molecule has 21 heavy (non-hydrogen) atoms. The number of carbonyl (C=O) groups is 1. The predicted molar refractivity (Wildman–Crippen MR) is 77.8 cm³/mol. The molecule has 0 saturated heterocycles. The number of likely N-dealkylation sites (N-methyl/N-ethyl adjacent to an activating group) is 1. The van der Waals surface area contributed by atoms with E-state index in [4.69, 9.17) is 4.74 Å². The molecule has 114 valence electrons. The number of amides is 1. The van der Waals surface area contributed by atoms with Crippen molar-refractivity contribution >= 4 is 16.8 Å². The maximum atomic E-state index is 13.4. The zero-order valence-electron chi connectivity index (χ0n) is 12.3. The van der Waals surface area contributed by atoms with E-state index in [0.717, 1.165) is 10.9 Å². The number of benzene rings is 1. The molecule has 0 saturated carbocycles. The fourth-order valence-electron chi connectivity index (χ4n) is 2.34. The molecule has 2 aromatic rings. The number of aliphatic hydroxyl groups is 1. The van der Waals surface area contributed by atoms with Crippen LogP contribution in [0.25, 0.3) is 10.9 Å². The third-order valence-electron chi connectivity index (χ3n) is 3.33. The van der Waals surface area contributed by atoms with E-state index in [-0.39, 0.29) is 24.9 Å². The van der Waals surface area contributed by atoms with Crippen LogP contribution in [0.15, 0.2) is 18.2 Å². The van der Waals surface area contributed by atoms with Crippen LogP contribution in [0.5, 0.6) is 0 Å². The summed E-state index contributed by atoms with van der Waals surface area (Å²) < 4.78 is 18.2. The predicted octanol–water partition coefficient (Wildman–Crippen LogP) is 1.69. The van der Waals surface area contributed by atoms with Gasteiger partial charge in [-0.1, -0.05) is 0 Å². The number of aromatic amines is 1. The van der Waals surface area contributed by atoms with Crippen LogP contribution in [0, 0.1) is 12.7 Å². The molecule has 6 heteroatoms. The second-order valence-corrected chi connectivity index (χ2v) is 5.16. The highest BCUT2D eigenvalue weighted by Gasteiger charge is 2.18. The maximum absolute atomic E-state index is 13.4. The summed E-state index contributed by atoms with van der Waals surface area (Å²) in [4.78, 5) is 16.6. The number of nitrogens with zero attached hydrogens (tertiary/aromatic N) is 1. The molecule has 0 radical (unpaired) electrons. The molecule has 1 atom stereocenters. The lowest BCUT2D eigenvalue weighted by atomic mass is 10.1. The SMILES string of the molecule is COCC(O)CN(C)C(=O)c1cc2c(C)cc(F)cc2[nH]1. The van der Waals surface area contributed by atoms with Gasteiger partial charge < -0.3 is 19.7 Å². The molecule has 1 amide bonds. The van der Waals surface area contributed by atoms with Crippen LogP contribution in [0.4, 0.5) is 4.39 Å². The smallest absolute Gasteiger partial charge is 0.270 e. The number of methoxy groups -OCH3 is 1. The normalized spacial score (nSPS) is 12.6. The van der Waals surface area contributed by atoms with Gasteiger partial charge in [0.15, 0.2) is 0 Å². The van der Waals surface area contributed by atoms with Crippen LogP contribution < -0.4 is 0 Å². The number of aromatic nitrogens is 1. The summed E-state index contributed by atoms with van der Waals surface area (Å²) in [6.45, 7) is 2.11. The number of ether oxygens (including phenoxy) is 1. The van der Waals surface area contributed by atoms with Gasteiger partial charge in [-0.05, 0) is 30.7 Å². The first-order valence-corrected chi connectivity index (χ1v) is 6.63. The Bertz CT molecular complexity index is 654. The summed E-state index contributed by atoms with van der Waals surface area (Å²) in [5, 5.41) is 10.5. The first-order valence-electron chi connectivity index (χ1n) is 6.63. The molecular formula is C15H19FN2O3. The van der Waals surface area contributed by atoms with E-state index in [9.17, 15) is 14.3 Å². The third-order valence-corrected chi connectivity index (χ3v) is 3.33. The Balaban J connectivity index is 2.21. The van der Waals surface area contributed by atoms with Gasteiger partial charge in [-0.25, -0.2) is 4.39 Å². The van der Waals surface area contributed by atoms with Crippen molar-refractivity contribution in [3.63, 3.8) is 0 Å². The van der Waals surface area contributed by atoms with E-state index in [1.165, 1.54) is 24.1 Å². The van der Waals surface area contributed by atoms with E-state index in [1.807, 2.05) is 0 Å². The van der Waals surface area contributed by atoms with Crippen LogP contribution in [-0.2, 0) is 4.74 Å². The summed E-state index contributed by atoms with van der Waals surface area (Å²) in [5.41, 5.74) is 1.72. The minimum Gasteiger partial charge on any atom is -0.389 e. The Kier molecular flexibility index (Phi) is 4.59. The molecule has 0 aliphatic heterocycles. The van der Waals surface area contributed by atoms with Crippen molar-refractivity contribution in [3.8, 4) is 0 Å². The first-order chi connectivity index (χ1) is 9.92. The Morgan fingerprint density at radius 3 is 2.86 bits per heavy atom. The lowest BCUT2D eigenvalue weighted by molar-refractivity contribution is 0.0378. The molecule has 0 bridgehead atoms. The van der Waals surface area contributed by atoms with Crippen molar-refractivity contribution in [3.05, 3.63) is 35.3 Å². The Morgan fingerprint density at radius 2 is 2.19 bits per heavy atom. The van der Waals surface area contributed by atoms with Gasteiger partial charge in [0.05, 0.1) is 12.7 Å². The molecule has 1 heterocycles. The first kappa shape index (κ1) is 15.5. The van der Waals surface area contributed by atoms with Crippen LogP contribution in [0.2, 0.25) is 0 Å². The fourth-order valence-corrected chi connectivity index (χ4v) is 2.34. The number of aryl methyl sites for hydroxylation is 1. The molecule has 0 aliphatic rings. The third kappa shape index (κ3) is 3.40. The summed E-state index contributed by atoms with van der Waals surface area (Å²) in [7, 11) is 3.08. The highest BCUT2D eigenvalue weighted by Crippen LogP contribution is 2.21. The van der Waals surface area contributed by atoms with Gasteiger partial charge in [0.1, 0.15) is 11.5 Å². The average molecular weight is 294 g/mol. The number of rotatable bonds is 5. The second-order valence-electron chi connectivity index (χ2n) is 5.16. The van der Waals surface area contributed by atoms with Gasteiger partial charge in [-0.2, -0.15) is 0 Å². The maximum Gasteiger partial charge on any atom is 0.270 e.